The second-order valence-corrected chi connectivity index (χ2v) is 5.00. The van der Waals surface area contributed by atoms with E-state index in [4.69, 9.17) is 4.74 Å². The number of rotatable bonds is 6. The topological polar surface area (TPSA) is 76.8 Å². The standard InChI is InChI=1S/C16H16BrNO2.H3N/c17-9-4-10-20-15-8-7-13(16(19)11-15)12-18-14-5-2-1-3-6-14;/h1-3,5-8,11-12,19H,4,9-10H2;1H3. The van der Waals surface area contributed by atoms with Crippen LogP contribution in [0.3, 0.4) is 0 Å². The van der Waals surface area contributed by atoms with Crippen LogP contribution in [0.5, 0.6) is 11.5 Å². The van der Waals surface area contributed by atoms with Crippen LogP contribution in [0.25, 0.3) is 0 Å². The second kappa shape index (κ2) is 9.15. The van der Waals surface area contributed by atoms with Crippen LogP contribution < -0.4 is 10.9 Å². The molecule has 112 valence electrons. The first-order valence-electron chi connectivity index (χ1n) is 6.40. The van der Waals surface area contributed by atoms with E-state index in [2.05, 4.69) is 20.9 Å². The van der Waals surface area contributed by atoms with Crippen LogP contribution >= 0.6 is 15.9 Å². The average molecular weight is 351 g/mol. The molecule has 0 aliphatic heterocycles. The lowest BCUT2D eigenvalue weighted by Crippen LogP contribution is -1.97. The summed E-state index contributed by atoms with van der Waals surface area (Å²) in [6.45, 7) is 0.627. The van der Waals surface area contributed by atoms with Crippen LogP contribution in [0.15, 0.2) is 53.5 Å². The number of nitrogens with zero attached hydrogens (tertiary/aromatic N) is 1. The van der Waals surface area contributed by atoms with Crippen LogP contribution in [0.1, 0.15) is 12.0 Å². The molecule has 4 N–H and O–H groups in total. The van der Waals surface area contributed by atoms with E-state index >= 15 is 0 Å². The molecule has 2 aromatic rings. The molecular formula is C16H19BrN2O2. The molecule has 4 nitrogen and oxygen atoms in total. The Bertz CT molecular complexity index is 574. The minimum Gasteiger partial charge on any atom is -0.507 e. The number of ether oxygens (including phenoxy) is 1. The van der Waals surface area contributed by atoms with Crippen molar-refractivity contribution in [1.29, 1.82) is 0 Å². The zero-order valence-electron chi connectivity index (χ0n) is 11.7. The highest BCUT2D eigenvalue weighted by molar-refractivity contribution is 9.09. The predicted molar refractivity (Wildman–Crippen MR) is 90.7 cm³/mol. The van der Waals surface area contributed by atoms with Crippen molar-refractivity contribution in [3.8, 4) is 11.5 Å². The molecule has 0 atom stereocenters. The number of benzene rings is 2. The van der Waals surface area contributed by atoms with E-state index in [1.165, 1.54) is 0 Å². The fraction of sp³-hybridized carbons (Fsp3) is 0.188. The van der Waals surface area contributed by atoms with Crippen molar-refractivity contribution in [3.63, 3.8) is 0 Å². The zero-order chi connectivity index (χ0) is 14.2. The van der Waals surface area contributed by atoms with Gasteiger partial charge in [-0.3, -0.25) is 4.99 Å². The summed E-state index contributed by atoms with van der Waals surface area (Å²) in [6.07, 6.45) is 2.57. The number of phenolic OH excluding ortho intramolecular Hbond substituents is 1. The monoisotopic (exact) mass is 350 g/mol. The fourth-order valence-electron chi connectivity index (χ4n) is 1.63. The number of halogens is 1. The Balaban J connectivity index is 0.00000220. The first-order chi connectivity index (χ1) is 9.79. The Morgan fingerprint density at radius 2 is 1.90 bits per heavy atom. The molecule has 0 bridgehead atoms. The van der Waals surface area contributed by atoms with Crippen molar-refractivity contribution in [2.24, 2.45) is 4.99 Å². The average Bonchev–Trinajstić information content (AvgIpc) is 2.48. The minimum absolute atomic E-state index is 0. The van der Waals surface area contributed by atoms with Gasteiger partial charge in [0.2, 0.25) is 0 Å². The first-order valence-corrected chi connectivity index (χ1v) is 7.52. The summed E-state index contributed by atoms with van der Waals surface area (Å²) in [5, 5.41) is 10.8. The van der Waals surface area contributed by atoms with Crippen LogP contribution in [0.2, 0.25) is 0 Å². The van der Waals surface area contributed by atoms with Crippen LogP contribution in [-0.2, 0) is 0 Å². The number of hydrogen-bond donors (Lipinski definition) is 2. The number of phenols is 1. The van der Waals surface area contributed by atoms with E-state index in [9.17, 15) is 5.11 Å². The number of aliphatic imine (C=N–C) groups is 1. The molecule has 0 unspecified atom stereocenters. The van der Waals surface area contributed by atoms with Crippen LogP contribution in [0, 0.1) is 0 Å². The van der Waals surface area contributed by atoms with Gasteiger partial charge in [0.25, 0.3) is 0 Å². The molecule has 0 heterocycles. The first kappa shape index (κ1) is 17.2. The second-order valence-electron chi connectivity index (χ2n) is 4.21. The van der Waals surface area contributed by atoms with Crippen molar-refractivity contribution >= 4 is 27.8 Å². The molecule has 2 rings (SSSR count). The Labute approximate surface area is 133 Å². The third-order valence-electron chi connectivity index (χ3n) is 2.66. The van der Waals surface area contributed by atoms with E-state index in [1.807, 2.05) is 36.4 Å². The molecule has 0 aliphatic rings. The Hall–Kier alpha value is -1.85. The highest BCUT2D eigenvalue weighted by atomic mass is 79.9. The molecule has 0 radical (unpaired) electrons. The number of alkyl halides is 1. The van der Waals surface area contributed by atoms with Gasteiger partial charge in [-0.1, -0.05) is 34.1 Å². The lowest BCUT2D eigenvalue weighted by molar-refractivity contribution is 0.317. The van der Waals surface area contributed by atoms with E-state index < -0.39 is 0 Å². The predicted octanol–water partition coefficient (Wildman–Crippen LogP) is 4.47. The van der Waals surface area contributed by atoms with Gasteiger partial charge in [0.1, 0.15) is 11.5 Å². The van der Waals surface area contributed by atoms with Gasteiger partial charge in [0, 0.05) is 23.2 Å². The van der Waals surface area contributed by atoms with E-state index in [0.717, 1.165) is 17.4 Å². The molecule has 21 heavy (non-hydrogen) atoms. The molecule has 0 aliphatic carbocycles. The number of hydrogen-bond acceptors (Lipinski definition) is 4. The van der Waals surface area contributed by atoms with E-state index in [-0.39, 0.29) is 11.9 Å². The maximum Gasteiger partial charge on any atom is 0.128 e. The van der Waals surface area contributed by atoms with Crippen LogP contribution in [-0.4, -0.2) is 23.3 Å². The summed E-state index contributed by atoms with van der Waals surface area (Å²) in [5.74, 6) is 0.835. The summed E-state index contributed by atoms with van der Waals surface area (Å²) >= 11 is 3.34. The highest BCUT2D eigenvalue weighted by Crippen LogP contribution is 2.23. The van der Waals surface area contributed by atoms with Gasteiger partial charge in [-0.05, 0) is 30.7 Å². The summed E-state index contributed by atoms with van der Waals surface area (Å²) in [6, 6.07) is 14.8. The van der Waals surface area contributed by atoms with Crippen molar-refractivity contribution in [2.45, 2.75) is 6.42 Å². The van der Waals surface area contributed by atoms with E-state index in [1.54, 1.807) is 18.3 Å². The molecule has 0 saturated carbocycles. The van der Waals surface area contributed by atoms with Crippen molar-refractivity contribution in [2.75, 3.05) is 11.9 Å². The molecule has 2 aromatic carbocycles. The van der Waals surface area contributed by atoms with Gasteiger partial charge in [-0.2, -0.15) is 0 Å². The molecule has 0 fully saturated rings. The Kier molecular flexibility index (Phi) is 7.50. The zero-order valence-corrected chi connectivity index (χ0v) is 13.3. The van der Waals surface area contributed by atoms with Crippen LogP contribution in [0.4, 0.5) is 5.69 Å². The lowest BCUT2D eigenvalue weighted by Gasteiger charge is -2.06. The lowest BCUT2D eigenvalue weighted by atomic mass is 10.2. The minimum atomic E-state index is 0. The molecule has 0 aromatic heterocycles. The smallest absolute Gasteiger partial charge is 0.128 e. The number of aromatic hydroxyl groups is 1. The maximum atomic E-state index is 9.95. The van der Waals surface area contributed by atoms with Gasteiger partial charge >= 0.3 is 0 Å². The Morgan fingerprint density at radius 3 is 2.57 bits per heavy atom. The van der Waals surface area contributed by atoms with Crippen molar-refractivity contribution in [3.05, 3.63) is 54.1 Å². The molecule has 5 heteroatoms. The van der Waals surface area contributed by atoms with Crippen molar-refractivity contribution < 1.29 is 9.84 Å². The maximum absolute atomic E-state index is 9.95. The third kappa shape index (κ3) is 5.57. The normalized spacial score (nSPS) is 10.3. The largest absolute Gasteiger partial charge is 0.507 e. The third-order valence-corrected chi connectivity index (χ3v) is 3.22. The van der Waals surface area contributed by atoms with Gasteiger partial charge in [-0.15, -0.1) is 0 Å². The Morgan fingerprint density at radius 1 is 1.14 bits per heavy atom. The molecule has 0 amide bonds. The highest BCUT2D eigenvalue weighted by Gasteiger charge is 2.01. The van der Waals surface area contributed by atoms with Crippen molar-refractivity contribution in [1.82, 2.24) is 6.15 Å². The van der Waals surface area contributed by atoms with Gasteiger partial charge in [0.05, 0.1) is 12.3 Å². The van der Waals surface area contributed by atoms with Gasteiger partial charge < -0.3 is 16.0 Å². The van der Waals surface area contributed by atoms with E-state index in [0.29, 0.717) is 17.9 Å². The molecule has 0 saturated heterocycles. The van der Waals surface area contributed by atoms with Gasteiger partial charge in [0.15, 0.2) is 0 Å². The fourth-order valence-corrected chi connectivity index (χ4v) is 1.85. The molecular weight excluding hydrogens is 332 g/mol. The summed E-state index contributed by atoms with van der Waals surface area (Å²) in [7, 11) is 0. The SMILES string of the molecule is N.Oc1cc(OCCCBr)ccc1C=Nc1ccccc1. The molecule has 0 spiro atoms. The quantitative estimate of drug-likeness (QED) is 0.458. The summed E-state index contributed by atoms with van der Waals surface area (Å²) < 4.78 is 5.51. The number of para-hydroxylation sites is 1. The summed E-state index contributed by atoms with van der Waals surface area (Å²) in [5.41, 5.74) is 1.52. The van der Waals surface area contributed by atoms with Gasteiger partial charge in [-0.25, -0.2) is 0 Å². The summed E-state index contributed by atoms with van der Waals surface area (Å²) in [4.78, 5) is 4.31.